The van der Waals surface area contributed by atoms with E-state index in [-0.39, 0.29) is 12.2 Å². The summed E-state index contributed by atoms with van der Waals surface area (Å²) in [5, 5.41) is 8.83. The first-order valence-electron chi connectivity index (χ1n) is 11.2. The van der Waals surface area contributed by atoms with Crippen molar-refractivity contribution in [1.29, 1.82) is 0 Å². The Kier molecular flexibility index (Phi) is 8.35. The second kappa shape index (κ2) is 11.5. The molecular weight excluding hydrogens is 580 g/mol. The van der Waals surface area contributed by atoms with Crippen molar-refractivity contribution in [3.8, 4) is 5.75 Å². The summed E-state index contributed by atoms with van der Waals surface area (Å²) in [6.07, 6.45) is 3.71. The fourth-order valence-corrected chi connectivity index (χ4v) is 5.87. The zero-order valence-corrected chi connectivity index (χ0v) is 23.4. The van der Waals surface area contributed by atoms with E-state index in [0.29, 0.717) is 36.4 Å². The number of carboxylic acids is 1. The van der Waals surface area contributed by atoms with Gasteiger partial charge < -0.3 is 14.6 Å². The lowest BCUT2D eigenvalue weighted by atomic mass is 9.96. The normalized spacial score (nSPS) is 15.2. The Labute approximate surface area is 229 Å². The van der Waals surface area contributed by atoms with Gasteiger partial charge >= 0.3 is 11.9 Å². The van der Waals surface area contributed by atoms with Crippen molar-refractivity contribution in [2.45, 2.75) is 24.8 Å². The fraction of sp³-hybridized carbons (Fsp3) is 0.231. The summed E-state index contributed by atoms with van der Waals surface area (Å²) in [5.41, 5.74) is 2.06. The average Bonchev–Trinajstić information content (AvgIpc) is 3.17. The highest BCUT2D eigenvalue weighted by Crippen LogP contribution is 2.32. The number of carbonyl (C=O) groups excluding carboxylic acids is 1. The van der Waals surface area contributed by atoms with Crippen LogP contribution in [0.1, 0.15) is 31.0 Å². The van der Waals surface area contributed by atoms with Gasteiger partial charge in [0.15, 0.2) is 11.4 Å². The van der Waals surface area contributed by atoms with E-state index in [1.807, 2.05) is 30.5 Å². The SMILES string of the molecule is CCOC(=O)C1=C(C)N=c2s/c(=C/c3ccc(OCC(=O)O)c(Br)c3)c(=O)n2[C@@H]1c1ccc(SC)cc1. The van der Waals surface area contributed by atoms with Gasteiger partial charge in [-0.2, -0.15) is 0 Å². The van der Waals surface area contributed by atoms with Crippen LogP contribution < -0.4 is 19.6 Å². The van der Waals surface area contributed by atoms with Crippen LogP contribution in [-0.2, 0) is 14.3 Å². The third-order valence-corrected chi connectivity index (χ3v) is 7.90. The molecule has 0 bridgehead atoms. The van der Waals surface area contributed by atoms with Gasteiger partial charge in [0, 0.05) is 4.90 Å². The summed E-state index contributed by atoms with van der Waals surface area (Å²) in [6, 6.07) is 12.2. The quantitative estimate of drug-likeness (QED) is 0.309. The molecule has 0 spiro atoms. The second-order valence-corrected chi connectivity index (χ2v) is 10.7. The van der Waals surface area contributed by atoms with Crippen LogP contribution in [0.2, 0.25) is 0 Å². The minimum Gasteiger partial charge on any atom is -0.481 e. The average molecular weight is 604 g/mol. The largest absolute Gasteiger partial charge is 0.481 e. The Morgan fingerprint density at radius 1 is 1.24 bits per heavy atom. The van der Waals surface area contributed by atoms with Crippen LogP contribution in [0.15, 0.2) is 72.9 Å². The summed E-state index contributed by atoms with van der Waals surface area (Å²) in [7, 11) is 0. The maximum absolute atomic E-state index is 13.7. The molecule has 1 aromatic heterocycles. The molecule has 1 aliphatic heterocycles. The molecule has 0 amide bonds. The fourth-order valence-electron chi connectivity index (χ4n) is 3.91. The Morgan fingerprint density at radius 2 is 1.97 bits per heavy atom. The van der Waals surface area contributed by atoms with Crippen molar-refractivity contribution in [1.82, 2.24) is 4.57 Å². The molecule has 1 N–H and O–H groups in total. The number of aliphatic carboxylic acids is 1. The number of nitrogens with zero attached hydrogens (tertiary/aromatic N) is 2. The summed E-state index contributed by atoms with van der Waals surface area (Å²) >= 11 is 6.22. The Hall–Kier alpha value is -3.15. The number of allylic oxidation sites excluding steroid dienone is 1. The van der Waals surface area contributed by atoms with Gasteiger partial charge in [-0.05, 0) is 77.5 Å². The predicted octanol–water partition coefficient (Wildman–Crippen LogP) is 3.75. The van der Waals surface area contributed by atoms with Crippen molar-refractivity contribution in [3.05, 3.63) is 89.0 Å². The minimum absolute atomic E-state index is 0.208. The number of ether oxygens (including phenoxy) is 2. The Morgan fingerprint density at radius 3 is 2.59 bits per heavy atom. The van der Waals surface area contributed by atoms with Gasteiger partial charge in [-0.3, -0.25) is 9.36 Å². The van der Waals surface area contributed by atoms with Crippen LogP contribution in [0.25, 0.3) is 6.08 Å². The molecule has 1 aliphatic rings. The third-order valence-electron chi connectivity index (χ3n) is 5.55. The lowest BCUT2D eigenvalue weighted by Gasteiger charge is -2.24. The number of thioether (sulfide) groups is 1. The van der Waals surface area contributed by atoms with Gasteiger partial charge in [0.1, 0.15) is 5.75 Å². The van der Waals surface area contributed by atoms with Crippen LogP contribution in [0.5, 0.6) is 5.75 Å². The van der Waals surface area contributed by atoms with E-state index in [4.69, 9.17) is 14.6 Å². The number of halogens is 1. The molecule has 8 nitrogen and oxygen atoms in total. The number of fused-ring (bicyclic) bond motifs is 1. The molecular formula is C26H23BrN2O6S2. The molecule has 0 saturated heterocycles. The van der Waals surface area contributed by atoms with Gasteiger partial charge in [-0.1, -0.05) is 29.5 Å². The first-order valence-corrected chi connectivity index (χ1v) is 14.0. The van der Waals surface area contributed by atoms with Crippen LogP contribution in [-0.4, -0.2) is 41.1 Å². The second-order valence-electron chi connectivity index (χ2n) is 7.95. The van der Waals surface area contributed by atoms with E-state index < -0.39 is 24.6 Å². The summed E-state index contributed by atoms with van der Waals surface area (Å²) < 4.78 is 13.1. The van der Waals surface area contributed by atoms with E-state index in [2.05, 4.69) is 20.9 Å². The highest BCUT2D eigenvalue weighted by molar-refractivity contribution is 9.10. The molecule has 4 rings (SSSR count). The standard InChI is InChI=1S/C26H23BrN2O6S2/c1-4-34-25(33)22-14(2)28-26-29(23(22)16-6-8-17(36-3)9-7-16)24(32)20(37-26)12-15-5-10-19(18(27)11-15)35-13-21(30)31/h5-12,23H,4,13H2,1-3H3,(H,30,31)/b20-12+/t23-/m1/s1. The summed E-state index contributed by atoms with van der Waals surface area (Å²) in [5.74, 6) is -1.20. The van der Waals surface area contributed by atoms with Crippen LogP contribution in [0, 0.1) is 0 Å². The molecule has 2 heterocycles. The lowest BCUT2D eigenvalue weighted by molar-refractivity contribution is -0.140. The Bertz CT molecular complexity index is 1570. The zero-order chi connectivity index (χ0) is 26.7. The van der Waals surface area contributed by atoms with Crippen molar-refractivity contribution in [2.75, 3.05) is 19.5 Å². The Balaban J connectivity index is 1.83. The van der Waals surface area contributed by atoms with Crippen LogP contribution in [0.3, 0.4) is 0 Å². The van der Waals surface area contributed by atoms with Gasteiger partial charge in [0.25, 0.3) is 5.56 Å². The number of hydrogen-bond donors (Lipinski definition) is 1. The smallest absolute Gasteiger partial charge is 0.341 e. The van der Waals surface area contributed by atoms with E-state index in [1.54, 1.807) is 54.5 Å². The molecule has 0 aliphatic carbocycles. The molecule has 0 saturated carbocycles. The van der Waals surface area contributed by atoms with Crippen LogP contribution >= 0.6 is 39.0 Å². The summed E-state index contributed by atoms with van der Waals surface area (Å²) in [6.45, 7) is 3.23. The number of carboxylic acid groups (broad SMARTS) is 1. The van der Waals surface area contributed by atoms with E-state index in [1.165, 1.54) is 11.3 Å². The molecule has 11 heteroatoms. The van der Waals surface area contributed by atoms with Gasteiger partial charge in [-0.15, -0.1) is 11.8 Å². The maximum atomic E-state index is 13.7. The summed E-state index contributed by atoms with van der Waals surface area (Å²) in [4.78, 5) is 43.6. The lowest BCUT2D eigenvalue weighted by Crippen LogP contribution is -2.39. The topological polar surface area (TPSA) is 107 Å². The number of thiazole rings is 1. The van der Waals surface area contributed by atoms with Gasteiger partial charge in [0.2, 0.25) is 0 Å². The number of benzene rings is 2. The number of rotatable bonds is 8. The van der Waals surface area contributed by atoms with Gasteiger partial charge in [0.05, 0.1) is 32.9 Å². The first-order chi connectivity index (χ1) is 17.7. The van der Waals surface area contributed by atoms with Gasteiger partial charge in [-0.25, -0.2) is 14.6 Å². The monoisotopic (exact) mass is 602 g/mol. The molecule has 0 fully saturated rings. The molecule has 3 aromatic rings. The molecule has 0 unspecified atom stereocenters. The minimum atomic E-state index is -1.08. The number of carbonyl (C=O) groups is 2. The first kappa shape index (κ1) is 26.9. The zero-order valence-electron chi connectivity index (χ0n) is 20.2. The van der Waals surface area contributed by atoms with E-state index >= 15 is 0 Å². The highest BCUT2D eigenvalue weighted by Gasteiger charge is 2.33. The van der Waals surface area contributed by atoms with E-state index in [9.17, 15) is 14.4 Å². The van der Waals surface area contributed by atoms with Crippen molar-refractivity contribution >= 4 is 57.0 Å². The number of aromatic nitrogens is 1. The number of esters is 1. The molecule has 0 radical (unpaired) electrons. The molecule has 1 atom stereocenters. The predicted molar refractivity (Wildman–Crippen MR) is 146 cm³/mol. The molecule has 192 valence electrons. The van der Waals surface area contributed by atoms with Crippen molar-refractivity contribution < 1.29 is 24.2 Å². The third kappa shape index (κ3) is 5.73. The maximum Gasteiger partial charge on any atom is 0.341 e. The van der Waals surface area contributed by atoms with Crippen molar-refractivity contribution in [2.24, 2.45) is 4.99 Å². The van der Waals surface area contributed by atoms with Crippen molar-refractivity contribution in [3.63, 3.8) is 0 Å². The van der Waals surface area contributed by atoms with Crippen LogP contribution in [0.4, 0.5) is 0 Å². The van der Waals surface area contributed by atoms with E-state index in [0.717, 1.165) is 10.5 Å². The number of hydrogen-bond acceptors (Lipinski definition) is 8. The molecule has 2 aromatic carbocycles. The highest BCUT2D eigenvalue weighted by atomic mass is 79.9. The molecule has 37 heavy (non-hydrogen) atoms.